The van der Waals surface area contributed by atoms with Crippen molar-refractivity contribution in [1.29, 1.82) is 0 Å². The second-order valence-electron chi connectivity index (χ2n) is 2.93. The second-order valence-corrected chi connectivity index (χ2v) is 4.33. The van der Waals surface area contributed by atoms with Gasteiger partial charge in [0.05, 0.1) is 0 Å². The Hall–Kier alpha value is -0.220. The van der Waals surface area contributed by atoms with Gasteiger partial charge in [-0.15, -0.1) is 0 Å². The average molecular weight is 174 g/mol. The van der Waals surface area contributed by atoms with E-state index >= 15 is 0 Å². The van der Waals surface area contributed by atoms with E-state index in [0.29, 0.717) is 11.7 Å². The van der Waals surface area contributed by atoms with E-state index in [0.717, 1.165) is 18.8 Å². The van der Waals surface area contributed by atoms with Crippen molar-refractivity contribution in [3.63, 3.8) is 0 Å². The summed E-state index contributed by atoms with van der Waals surface area (Å²) in [6.07, 6.45) is 0.523. The van der Waals surface area contributed by atoms with Crippen LogP contribution in [0.4, 0.5) is 0 Å². The Morgan fingerprint density at radius 1 is 1.82 bits per heavy atom. The molecule has 0 radical (unpaired) electrons. The zero-order valence-corrected chi connectivity index (χ0v) is 7.56. The molecule has 1 rings (SSSR count). The molecule has 0 bridgehead atoms. The number of carbonyl (C=O) groups excluding carboxylic acids is 1. The summed E-state index contributed by atoms with van der Waals surface area (Å²) >= 11 is 1.85. The van der Waals surface area contributed by atoms with Crippen LogP contribution < -0.4 is 5.73 Å². The molecule has 0 aromatic heterocycles. The second kappa shape index (κ2) is 3.97. The lowest BCUT2D eigenvalue weighted by Crippen LogP contribution is -2.36. The molecule has 2 N–H and O–H groups in total. The fraction of sp³-hybridized carbons (Fsp3) is 0.857. The van der Waals surface area contributed by atoms with Crippen molar-refractivity contribution in [2.24, 2.45) is 5.73 Å². The van der Waals surface area contributed by atoms with Crippen LogP contribution in [0.2, 0.25) is 0 Å². The van der Waals surface area contributed by atoms with Crippen LogP contribution in [0.5, 0.6) is 0 Å². The molecule has 1 aliphatic heterocycles. The van der Waals surface area contributed by atoms with E-state index in [2.05, 4.69) is 11.9 Å². The molecule has 0 spiro atoms. The van der Waals surface area contributed by atoms with Crippen LogP contribution in [-0.4, -0.2) is 41.9 Å². The van der Waals surface area contributed by atoms with Gasteiger partial charge in [-0.1, -0.05) is 0 Å². The van der Waals surface area contributed by atoms with Gasteiger partial charge in [-0.3, -0.25) is 4.79 Å². The summed E-state index contributed by atoms with van der Waals surface area (Å²) in [4.78, 5) is 12.8. The predicted molar refractivity (Wildman–Crippen MR) is 47.6 cm³/mol. The van der Waals surface area contributed by atoms with Gasteiger partial charge in [0.25, 0.3) is 0 Å². The molecular weight excluding hydrogens is 160 g/mol. The van der Waals surface area contributed by atoms with E-state index in [9.17, 15) is 4.79 Å². The van der Waals surface area contributed by atoms with Gasteiger partial charge >= 0.3 is 0 Å². The van der Waals surface area contributed by atoms with E-state index in [1.165, 1.54) is 0 Å². The smallest absolute Gasteiger partial charge is 0.218 e. The number of primary amides is 1. The largest absolute Gasteiger partial charge is 0.370 e. The molecule has 3 nitrogen and oxygen atoms in total. The summed E-state index contributed by atoms with van der Waals surface area (Å²) in [5.74, 6) is 0.937. The molecule has 0 aromatic carbocycles. The number of carbonyl (C=O) groups is 1. The van der Waals surface area contributed by atoms with Crippen molar-refractivity contribution < 1.29 is 4.79 Å². The fourth-order valence-electron chi connectivity index (χ4n) is 1.21. The summed E-state index contributed by atoms with van der Waals surface area (Å²) in [5, 5.41) is 0.422. The summed E-state index contributed by atoms with van der Waals surface area (Å²) in [5.41, 5.74) is 5.10. The lowest BCUT2D eigenvalue weighted by Gasteiger charge is -2.28. The highest BCUT2D eigenvalue weighted by atomic mass is 32.2. The van der Waals surface area contributed by atoms with Crippen LogP contribution in [0.25, 0.3) is 0 Å². The van der Waals surface area contributed by atoms with Crippen LogP contribution in [0.3, 0.4) is 0 Å². The van der Waals surface area contributed by atoms with Crippen LogP contribution in [0, 0.1) is 0 Å². The maximum atomic E-state index is 10.6. The van der Waals surface area contributed by atoms with Gasteiger partial charge in [0.15, 0.2) is 0 Å². The van der Waals surface area contributed by atoms with Gasteiger partial charge in [-0.2, -0.15) is 11.8 Å². The van der Waals surface area contributed by atoms with Crippen molar-refractivity contribution in [3.8, 4) is 0 Å². The summed E-state index contributed by atoms with van der Waals surface area (Å²) in [6.45, 7) is 2.12. The number of amides is 1. The first kappa shape index (κ1) is 8.87. The molecule has 1 amide bonds. The molecule has 1 saturated heterocycles. The van der Waals surface area contributed by atoms with Crippen LogP contribution in [-0.2, 0) is 4.79 Å². The average Bonchev–Trinajstić information content (AvgIpc) is 1.85. The zero-order valence-electron chi connectivity index (χ0n) is 6.75. The highest BCUT2D eigenvalue weighted by Gasteiger charge is 2.18. The van der Waals surface area contributed by atoms with Gasteiger partial charge in [-0.05, 0) is 7.05 Å². The third kappa shape index (κ3) is 3.12. The number of rotatable bonds is 2. The normalized spacial score (nSPS) is 26.8. The minimum Gasteiger partial charge on any atom is -0.370 e. The zero-order chi connectivity index (χ0) is 8.27. The van der Waals surface area contributed by atoms with Crippen molar-refractivity contribution in [1.82, 2.24) is 4.90 Å². The lowest BCUT2D eigenvalue weighted by molar-refractivity contribution is -0.118. The van der Waals surface area contributed by atoms with E-state index in [4.69, 9.17) is 5.73 Å². The quantitative estimate of drug-likeness (QED) is 0.636. The minimum atomic E-state index is -0.183. The maximum Gasteiger partial charge on any atom is 0.218 e. The molecule has 1 unspecified atom stereocenters. The Morgan fingerprint density at radius 2 is 2.55 bits per heavy atom. The van der Waals surface area contributed by atoms with Crippen molar-refractivity contribution in [2.45, 2.75) is 11.7 Å². The SMILES string of the molecule is CN1CCSC(CC(N)=O)C1. The fourth-order valence-corrected chi connectivity index (χ4v) is 2.61. The molecule has 4 heteroatoms. The third-order valence-corrected chi connectivity index (χ3v) is 2.98. The molecule has 1 heterocycles. The van der Waals surface area contributed by atoms with Gasteiger partial charge in [-0.25, -0.2) is 0 Å². The van der Waals surface area contributed by atoms with Gasteiger partial charge in [0, 0.05) is 30.5 Å². The molecule has 11 heavy (non-hydrogen) atoms. The minimum absolute atomic E-state index is 0.183. The molecule has 0 saturated carbocycles. The number of hydrogen-bond acceptors (Lipinski definition) is 3. The monoisotopic (exact) mass is 174 g/mol. The molecule has 1 atom stereocenters. The summed E-state index contributed by atoms with van der Waals surface area (Å²) in [6, 6.07) is 0. The first-order valence-electron chi connectivity index (χ1n) is 3.77. The molecule has 0 aromatic rings. The van der Waals surface area contributed by atoms with Crippen molar-refractivity contribution in [2.75, 3.05) is 25.9 Å². The van der Waals surface area contributed by atoms with E-state index in [-0.39, 0.29) is 5.91 Å². The van der Waals surface area contributed by atoms with Gasteiger partial charge in [0.2, 0.25) is 5.91 Å². The Balaban J connectivity index is 2.28. The topological polar surface area (TPSA) is 46.3 Å². The molecule has 1 aliphatic rings. The standard InChI is InChI=1S/C7H14N2OS/c1-9-2-3-11-6(5-9)4-7(8)10/h6H,2-5H2,1H3,(H2,8,10). The van der Waals surface area contributed by atoms with E-state index < -0.39 is 0 Å². The lowest BCUT2D eigenvalue weighted by atomic mass is 10.2. The first-order chi connectivity index (χ1) is 5.18. The molecular formula is C7H14N2OS. The Morgan fingerprint density at radius 3 is 3.09 bits per heavy atom. The molecule has 64 valence electrons. The number of nitrogens with two attached hydrogens (primary N) is 1. The van der Waals surface area contributed by atoms with E-state index in [1.54, 1.807) is 0 Å². The molecule has 0 aliphatic carbocycles. The number of nitrogens with zero attached hydrogens (tertiary/aromatic N) is 1. The van der Waals surface area contributed by atoms with Crippen LogP contribution >= 0.6 is 11.8 Å². The highest BCUT2D eigenvalue weighted by molar-refractivity contribution is 8.00. The Labute approximate surface area is 71.3 Å². The maximum absolute atomic E-state index is 10.6. The third-order valence-electron chi connectivity index (χ3n) is 1.77. The van der Waals surface area contributed by atoms with Crippen LogP contribution in [0.1, 0.15) is 6.42 Å². The van der Waals surface area contributed by atoms with Gasteiger partial charge < -0.3 is 10.6 Å². The molecule has 1 fully saturated rings. The van der Waals surface area contributed by atoms with Crippen molar-refractivity contribution >= 4 is 17.7 Å². The van der Waals surface area contributed by atoms with Gasteiger partial charge in [0.1, 0.15) is 0 Å². The highest BCUT2D eigenvalue weighted by Crippen LogP contribution is 2.19. The van der Waals surface area contributed by atoms with E-state index in [1.807, 2.05) is 11.8 Å². The first-order valence-corrected chi connectivity index (χ1v) is 4.82. The van der Waals surface area contributed by atoms with Crippen LogP contribution in [0.15, 0.2) is 0 Å². The number of thioether (sulfide) groups is 1. The van der Waals surface area contributed by atoms with Crippen molar-refractivity contribution in [3.05, 3.63) is 0 Å². The number of hydrogen-bond donors (Lipinski definition) is 1. The Bertz CT molecular complexity index is 151. The predicted octanol–water partition coefficient (Wildman–Crippen LogP) is -0.0910. The summed E-state index contributed by atoms with van der Waals surface area (Å²) < 4.78 is 0. The summed E-state index contributed by atoms with van der Waals surface area (Å²) in [7, 11) is 2.08. The Kier molecular flexibility index (Phi) is 3.20.